The molecule has 2 heterocycles. The van der Waals surface area contributed by atoms with E-state index in [9.17, 15) is 0 Å². The number of hydrogen-bond donors (Lipinski definition) is 1. The first-order valence-corrected chi connectivity index (χ1v) is 7.29. The van der Waals surface area contributed by atoms with Gasteiger partial charge in [0.05, 0.1) is 19.1 Å². The van der Waals surface area contributed by atoms with Crippen LogP contribution in [0.15, 0.2) is 18.2 Å². The van der Waals surface area contributed by atoms with Crippen LogP contribution in [0.25, 0.3) is 0 Å². The SMILES string of the molecule is Cc1ccc(N)c(C[N+]2(C)C3CCCC2CC3)c1. The van der Waals surface area contributed by atoms with Crippen molar-refractivity contribution in [1.29, 1.82) is 0 Å². The van der Waals surface area contributed by atoms with Crippen LogP contribution >= 0.6 is 0 Å². The minimum Gasteiger partial charge on any atom is -0.398 e. The molecule has 2 aliphatic heterocycles. The molecule has 2 heteroatoms. The van der Waals surface area contributed by atoms with Crippen LogP contribution in [0.2, 0.25) is 0 Å². The number of benzene rings is 1. The molecule has 1 aromatic rings. The van der Waals surface area contributed by atoms with Crippen molar-refractivity contribution in [2.45, 2.75) is 57.7 Å². The van der Waals surface area contributed by atoms with Gasteiger partial charge in [-0.1, -0.05) is 11.6 Å². The Hall–Kier alpha value is -1.02. The number of nitrogens with zero attached hydrogens (tertiary/aromatic N) is 1. The average Bonchev–Trinajstić information content (AvgIpc) is 2.56. The van der Waals surface area contributed by atoms with Crippen LogP contribution in [-0.2, 0) is 6.54 Å². The van der Waals surface area contributed by atoms with Crippen molar-refractivity contribution in [3.05, 3.63) is 29.3 Å². The van der Waals surface area contributed by atoms with Gasteiger partial charge in [0.2, 0.25) is 0 Å². The fourth-order valence-corrected chi connectivity index (χ4v) is 4.24. The number of nitrogen functional groups attached to an aromatic ring is 1. The minimum atomic E-state index is 0.878. The molecule has 3 rings (SSSR count). The van der Waals surface area contributed by atoms with Crippen LogP contribution in [0.5, 0.6) is 0 Å². The molecule has 2 unspecified atom stereocenters. The summed E-state index contributed by atoms with van der Waals surface area (Å²) in [7, 11) is 2.46. The first-order valence-electron chi connectivity index (χ1n) is 7.29. The van der Waals surface area contributed by atoms with E-state index in [0.717, 1.165) is 24.3 Å². The van der Waals surface area contributed by atoms with Gasteiger partial charge in [-0.15, -0.1) is 0 Å². The number of rotatable bonds is 2. The third-order valence-corrected chi connectivity index (χ3v) is 5.39. The lowest BCUT2D eigenvalue weighted by molar-refractivity contribution is -0.960. The van der Waals surface area contributed by atoms with E-state index in [4.69, 9.17) is 5.73 Å². The first-order chi connectivity index (χ1) is 8.59. The van der Waals surface area contributed by atoms with Crippen LogP contribution in [0.4, 0.5) is 5.69 Å². The monoisotopic (exact) mass is 245 g/mol. The van der Waals surface area contributed by atoms with E-state index >= 15 is 0 Å². The van der Waals surface area contributed by atoms with Crippen molar-refractivity contribution in [1.82, 2.24) is 0 Å². The molecule has 2 nitrogen and oxygen atoms in total. The standard InChI is InChI=1S/C16H25N2/c1-12-6-9-16(17)13(10-12)11-18(2)14-4-3-5-15(18)8-7-14/h6,9-10,14-15H,3-5,7-8,11,17H2,1-2H3/q+1. The summed E-state index contributed by atoms with van der Waals surface area (Å²) < 4.78 is 1.24. The summed E-state index contributed by atoms with van der Waals surface area (Å²) >= 11 is 0. The predicted octanol–water partition coefficient (Wildman–Crippen LogP) is 3.24. The van der Waals surface area contributed by atoms with Gasteiger partial charge in [-0.25, -0.2) is 0 Å². The van der Waals surface area contributed by atoms with E-state index in [1.54, 1.807) is 0 Å². The van der Waals surface area contributed by atoms with Crippen molar-refractivity contribution in [3.63, 3.8) is 0 Å². The quantitative estimate of drug-likeness (QED) is 0.628. The Kier molecular flexibility index (Phi) is 2.86. The smallest absolute Gasteiger partial charge is 0.107 e. The molecule has 0 spiro atoms. The zero-order valence-corrected chi connectivity index (χ0v) is 11.7. The zero-order chi connectivity index (χ0) is 12.8. The van der Waals surface area contributed by atoms with Gasteiger partial charge >= 0.3 is 0 Å². The number of piperidine rings is 1. The predicted molar refractivity (Wildman–Crippen MR) is 76.1 cm³/mol. The van der Waals surface area contributed by atoms with Gasteiger partial charge in [0.25, 0.3) is 0 Å². The lowest BCUT2D eigenvalue weighted by atomic mass is 9.97. The molecule has 2 aliphatic rings. The molecule has 0 saturated carbocycles. The number of quaternary nitrogens is 1. The molecule has 0 radical (unpaired) electrons. The van der Waals surface area contributed by atoms with Gasteiger partial charge in [0.1, 0.15) is 6.54 Å². The van der Waals surface area contributed by atoms with Crippen molar-refractivity contribution in [2.75, 3.05) is 12.8 Å². The van der Waals surface area contributed by atoms with E-state index in [-0.39, 0.29) is 0 Å². The molecule has 2 atom stereocenters. The summed E-state index contributed by atoms with van der Waals surface area (Å²) in [6.07, 6.45) is 7.11. The summed E-state index contributed by atoms with van der Waals surface area (Å²) in [5.41, 5.74) is 9.83. The van der Waals surface area contributed by atoms with Crippen LogP contribution in [-0.4, -0.2) is 23.6 Å². The number of aryl methyl sites for hydroxylation is 1. The summed E-state index contributed by atoms with van der Waals surface area (Å²) in [6.45, 7) is 3.29. The second kappa shape index (κ2) is 4.27. The summed E-state index contributed by atoms with van der Waals surface area (Å²) in [4.78, 5) is 0. The largest absolute Gasteiger partial charge is 0.398 e. The Balaban J connectivity index is 1.89. The Morgan fingerprint density at radius 1 is 1.17 bits per heavy atom. The normalized spacial score (nSPS) is 34.8. The van der Waals surface area contributed by atoms with Gasteiger partial charge < -0.3 is 10.2 Å². The third-order valence-electron chi connectivity index (χ3n) is 5.39. The maximum Gasteiger partial charge on any atom is 0.107 e. The highest BCUT2D eigenvalue weighted by Gasteiger charge is 2.48. The van der Waals surface area contributed by atoms with Gasteiger partial charge in [-0.3, -0.25) is 0 Å². The van der Waals surface area contributed by atoms with Gasteiger partial charge in [-0.2, -0.15) is 0 Å². The highest BCUT2D eigenvalue weighted by molar-refractivity contribution is 5.48. The van der Waals surface area contributed by atoms with Crippen LogP contribution in [0.1, 0.15) is 43.2 Å². The molecular formula is C16H25N2+. The van der Waals surface area contributed by atoms with Crippen LogP contribution in [0.3, 0.4) is 0 Å². The summed E-state index contributed by atoms with van der Waals surface area (Å²) in [6, 6.07) is 8.23. The van der Waals surface area contributed by atoms with Crippen LogP contribution < -0.4 is 5.73 Å². The lowest BCUT2D eigenvalue weighted by Gasteiger charge is -2.45. The minimum absolute atomic E-state index is 0.878. The molecule has 2 N–H and O–H groups in total. The molecule has 2 bridgehead atoms. The molecular weight excluding hydrogens is 220 g/mol. The summed E-state index contributed by atoms with van der Waals surface area (Å²) in [5, 5.41) is 0. The van der Waals surface area contributed by atoms with E-state index in [1.165, 1.54) is 47.7 Å². The highest BCUT2D eigenvalue weighted by Crippen LogP contribution is 2.42. The second-order valence-electron chi connectivity index (χ2n) is 6.52. The van der Waals surface area contributed by atoms with Crippen molar-refractivity contribution < 1.29 is 4.48 Å². The number of hydrogen-bond acceptors (Lipinski definition) is 1. The van der Waals surface area contributed by atoms with Gasteiger partial charge in [0.15, 0.2) is 0 Å². The number of anilines is 1. The molecule has 0 aliphatic carbocycles. The topological polar surface area (TPSA) is 26.0 Å². The maximum atomic E-state index is 6.17. The van der Waals surface area contributed by atoms with E-state index in [2.05, 4.69) is 32.2 Å². The molecule has 2 saturated heterocycles. The molecule has 0 aromatic heterocycles. The van der Waals surface area contributed by atoms with E-state index in [0.29, 0.717) is 0 Å². The zero-order valence-electron chi connectivity index (χ0n) is 11.7. The van der Waals surface area contributed by atoms with Gasteiger partial charge in [-0.05, 0) is 38.3 Å². The van der Waals surface area contributed by atoms with E-state index in [1.807, 2.05) is 0 Å². The van der Waals surface area contributed by atoms with E-state index < -0.39 is 0 Å². The Bertz CT molecular complexity index is 436. The molecule has 2 fully saturated rings. The molecule has 98 valence electrons. The third kappa shape index (κ3) is 1.83. The molecule has 0 amide bonds. The fourth-order valence-electron chi connectivity index (χ4n) is 4.24. The van der Waals surface area contributed by atoms with Crippen molar-refractivity contribution in [3.8, 4) is 0 Å². The molecule has 18 heavy (non-hydrogen) atoms. The fraction of sp³-hybridized carbons (Fsp3) is 0.625. The second-order valence-corrected chi connectivity index (χ2v) is 6.52. The summed E-state index contributed by atoms with van der Waals surface area (Å²) in [5.74, 6) is 0. The Morgan fingerprint density at radius 2 is 1.83 bits per heavy atom. The van der Waals surface area contributed by atoms with Gasteiger partial charge in [0, 0.05) is 24.1 Å². The average molecular weight is 245 g/mol. The van der Waals surface area contributed by atoms with Crippen LogP contribution in [0, 0.1) is 6.92 Å². The molecule has 1 aromatic carbocycles. The highest BCUT2D eigenvalue weighted by atomic mass is 15.4. The number of fused-ring (bicyclic) bond motifs is 2. The Labute approximate surface area is 110 Å². The lowest BCUT2D eigenvalue weighted by Crippen LogP contribution is -2.55. The first kappa shape index (κ1) is 12.0. The maximum absolute atomic E-state index is 6.17. The van der Waals surface area contributed by atoms with Crippen molar-refractivity contribution in [2.24, 2.45) is 0 Å². The Morgan fingerprint density at radius 3 is 2.50 bits per heavy atom. The van der Waals surface area contributed by atoms with Crippen molar-refractivity contribution >= 4 is 5.69 Å². The number of nitrogens with two attached hydrogens (primary N) is 1.